The van der Waals surface area contributed by atoms with Crippen molar-refractivity contribution in [2.45, 2.75) is 31.6 Å². The molecule has 0 aromatic heterocycles. The zero-order valence-corrected chi connectivity index (χ0v) is 12.6. The van der Waals surface area contributed by atoms with Crippen LogP contribution in [0.15, 0.2) is 51.5 Å². The zero-order chi connectivity index (χ0) is 14.1. The average molecular weight is 331 g/mol. The van der Waals surface area contributed by atoms with Crippen LogP contribution in [-0.4, -0.2) is 0 Å². The highest BCUT2D eigenvalue weighted by Crippen LogP contribution is 2.44. The third-order valence-electron chi connectivity index (χ3n) is 3.90. The molecule has 0 radical (unpaired) electrons. The maximum atomic E-state index is 9.45. The van der Waals surface area contributed by atoms with Crippen LogP contribution in [0, 0.1) is 11.3 Å². The van der Waals surface area contributed by atoms with E-state index < -0.39 is 0 Å². The quantitative estimate of drug-likeness (QED) is 0.843. The molecule has 2 aliphatic rings. The number of nitrogens with zero attached hydrogens (tertiary/aromatic N) is 1. The highest BCUT2D eigenvalue weighted by molar-refractivity contribution is 9.10. The minimum atomic E-state index is -0.0541. The van der Waals surface area contributed by atoms with Crippen molar-refractivity contribution < 1.29 is 4.74 Å². The lowest BCUT2D eigenvalue weighted by Crippen LogP contribution is -2.22. The molecule has 0 fully saturated rings. The van der Waals surface area contributed by atoms with Gasteiger partial charge in [0.2, 0.25) is 5.88 Å². The Morgan fingerprint density at radius 1 is 1.30 bits per heavy atom. The van der Waals surface area contributed by atoms with E-state index in [1.165, 1.54) is 5.57 Å². The molecule has 1 atom stereocenters. The Kier molecular flexibility index (Phi) is 3.54. The summed E-state index contributed by atoms with van der Waals surface area (Å²) in [5, 5.41) is 9.45. The van der Waals surface area contributed by atoms with Crippen molar-refractivity contribution in [1.29, 1.82) is 5.26 Å². The Bertz CT molecular complexity index is 655. The molecule has 1 heterocycles. The molecular weight excluding hydrogens is 316 g/mol. The number of benzene rings is 1. The van der Waals surface area contributed by atoms with Crippen LogP contribution in [0.4, 0.5) is 0 Å². The van der Waals surface area contributed by atoms with Gasteiger partial charge in [0.1, 0.15) is 17.4 Å². The predicted molar refractivity (Wildman–Crippen MR) is 80.3 cm³/mol. The van der Waals surface area contributed by atoms with Crippen molar-refractivity contribution in [1.82, 2.24) is 0 Å². The number of hydrogen-bond acceptors (Lipinski definition) is 3. The van der Waals surface area contributed by atoms with E-state index in [1.54, 1.807) is 0 Å². The summed E-state index contributed by atoms with van der Waals surface area (Å²) < 4.78 is 6.69. The van der Waals surface area contributed by atoms with Crippen molar-refractivity contribution in [3.8, 4) is 6.07 Å². The topological polar surface area (TPSA) is 59.0 Å². The maximum Gasteiger partial charge on any atom is 0.205 e. The first-order valence-electron chi connectivity index (χ1n) is 6.75. The Hall–Kier alpha value is -1.73. The van der Waals surface area contributed by atoms with Gasteiger partial charge in [0, 0.05) is 16.8 Å². The summed E-state index contributed by atoms with van der Waals surface area (Å²) in [4.78, 5) is 0. The van der Waals surface area contributed by atoms with Crippen LogP contribution in [0.5, 0.6) is 0 Å². The van der Waals surface area contributed by atoms with Gasteiger partial charge in [0.15, 0.2) is 0 Å². The molecule has 0 bridgehead atoms. The largest absolute Gasteiger partial charge is 0.445 e. The van der Waals surface area contributed by atoms with Crippen LogP contribution in [0.2, 0.25) is 0 Å². The van der Waals surface area contributed by atoms with Gasteiger partial charge in [0.05, 0.1) is 0 Å². The summed E-state index contributed by atoms with van der Waals surface area (Å²) in [6.45, 7) is 0. The molecule has 2 N–H and O–H groups in total. The monoisotopic (exact) mass is 330 g/mol. The number of nitrogens with two attached hydrogens (primary N) is 1. The molecule has 1 aliphatic heterocycles. The van der Waals surface area contributed by atoms with Crippen molar-refractivity contribution in [2.75, 3.05) is 0 Å². The smallest absolute Gasteiger partial charge is 0.205 e. The molecule has 0 amide bonds. The molecule has 3 nitrogen and oxygen atoms in total. The number of nitriles is 1. The van der Waals surface area contributed by atoms with E-state index in [0.717, 1.165) is 41.5 Å². The number of hydrogen-bond donors (Lipinski definition) is 1. The van der Waals surface area contributed by atoms with Gasteiger partial charge in [-0.05, 0) is 42.5 Å². The molecule has 0 unspecified atom stereocenters. The van der Waals surface area contributed by atoms with Crippen LogP contribution in [-0.2, 0) is 4.74 Å². The fourth-order valence-corrected chi connectivity index (χ4v) is 3.42. The van der Waals surface area contributed by atoms with Crippen molar-refractivity contribution in [3.05, 3.63) is 57.1 Å². The second-order valence-corrected chi connectivity index (χ2v) is 6.05. The van der Waals surface area contributed by atoms with E-state index in [4.69, 9.17) is 10.5 Å². The first kappa shape index (κ1) is 13.3. The maximum absolute atomic E-state index is 9.45. The van der Waals surface area contributed by atoms with Gasteiger partial charge < -0.3 is 10.5 Å². The fraction of sp³-hybridized carbons (Fsp3) is 0.312. The Balaban J connectivity index is 2.14. The zero-order valence-electron chi connectivity index (χ0n) is 11.0. The van der Waals surface area contributed by atoms with Gasteiger partial charge in [-0.2, -0.15) is 5.26 Å². The second-order valence-electron chi connectivity index (χ2n) is 5.14. The van der Waals surface area contributed by atoms with Gasteiger partial charge in [-0.15, -0.1) is 0 Å². The van der Waals surface area contributed by atoms with Crippen molar-refractivity contribution in [3.63, 3.8) is 0 Å². The van der Waals surface area contributed by atoms with Crippen molar-refractivity contribution >= 4 is 15.9 Å². The molecule has 1 aliphatic carbocycles. The first-order chi connectivity index (χ1) is 9.70. The van der Waals surface area contributed by atoms with E-state index >= 15 is 0 Å². The SMILES string of the molecule is N#CC1=C(N)OC2=C(CCCC2)[C@H]1c1cccc(Br)c1. The number of allylic oxidation sites excluding steroid dienone is 3. The molecule has 1 aromatic carbocycles. The normalized spacial score (nSPS) is 22.1. The molecule has 0 saturated heterocycles. The molecule has 102 valence electrons. The predicted octanol–water partition coefficient (Wildman–Crippen LogP) is 4.08. The van der Waals surface area contributed by atoms with Crippen molar-refractivity contribution in [2.24, 2.45) is 5.73 Å². The lowest BCUT2D eigenvalue weighted by molar-refractivity contribution is 0.251. The Morgan fingerprint density at radius 3 is 2.85 bits per heavy atom. The summed E-state index contributed by atoms with van der Waals surface area (Å²) >= 11 is 3.50. The third-order valence-corrected chi connectivity index (χ3v) is 4.39. The second kappa shape index (κ2) is 5.34. The molecule has 3 rings (SSSR count). The molecule has 0 saturated carbocycles. The number of ether oxygens (including phenoxy) is 1. The Morgan fingerprint density at radius 2 is 2.10 bits per heavy atom. The lowest BCUT2D eigenvalue weighted by Gasteiger charge is -2.32. The Labute approximate surface area is 126 Å². The summed E-state index contributed by atoms with van der Waals surface area (Å²) in [7, 11) is 0. The van der Waals surface area contributed by atoms with Crippen LogP contribution in [0.1, 0.15) is 37.2 Å². The van der Waals surface area contributed by atoms with Gasteiger partial charge in [-0.3, -0.25) is 0 Å². The fourth-order valence-electron chi connectivity index (χ4n) is 3.00. The first-order valence-corrected chi connectivity index (χ1v) is 7.55. The highest BCUT2D eigenvalue weighted by Gasteiger charge is 2.33. The van der Waals surface area contributed by atoms with E-state index in [-0.39, 0.29) is 11.8 Å². The number of halogens is 1. The molecular formula is C16H15BrN2O. The minimum absolute atomic E-state index is 0.0541. The van der Waals surface area contributed by atoms with Crippen LogP contribution in [0.3, 0.4) is 0 Å². The van der Waals surface area contributed by atoms with E-state index in [0.29, 0.717) is 5.57 Å². The standard InChI is InChI=1S/C16H15BrN2O/c17-11-5-3-4-10(8-11)15-12-6-1-2-7-14(12)20-16(19)13(15)9-18/h3-5,8,15H,1-2,6-7,19H2/t15-/m1/s1. The van der Waals surface area contributed by atoms with E-state index in [2.05, 4.69) is 28.1 Å². The summed E-state index contributed by atoms with van der Waals surface area (Å²) in [6, 6.07) is 10.3. The third kappa shape index (κ3) is 2.23. The van der Waals surface area contributed by atoms with Crippen LogP contribution < -0.4 is 5.73 Å². The van der Waals surface area contributed by atoms with Gasteiger partial charge in [-0.25, -0.2) is 0 Å². The molecule has 4 heteroatoms. The van der Waals surface area contributed by atoms with Crippen LogP contribution >= 0.6 is 15.9 Å². The average Bonchev–Trinajstić information content (AvgIpc) is 2.45. The van der Waals surface area contributed by atoms with E-state index in [9.17, 15) is 5.26 Å². The van der Waals surface area contributed by atoms with Crippen LogP contribution in [0.25, 0.3) is 0 Å². The molecule has 0 spiro atoms. The van der Waals surface area contributed by atoms with Gasteiger partial charge >= 0.3 is 0 Å². The highest BCUT2D eigenvalue weighted by atomic mass is 79.9. The summed E-state index contributed by atoms with van der Waals surface area (Å²) in [5.41, 5.74) is 8.80. The summed E-state index contributed by atoms with van der Waals surface area (Å²) in [5.74, 6) is 1.18. The lowest BCUT2D eigenvalue weighted by atomic mass is 9.78. The van der Waals surface area contributed by atoms with E-state index in [1.807, 2.05) is 18.2 Å². The summed E-state index contributed by atoms with van der Waals surface area (Å²) in [6.07, 6.45) is 4.16. The molecule has 20 heavy (non-hydrogen) atoms. The van der Waals surface area contributed by atoms with Gasteiger partial charge in [0.25, 0.3) is 0 Å². The minimum Gasteiger partial charge on any atom is -0.445 e. The molecule has 1 aromatic rings. The van der Waals surface area contributed by atoms with Gasteiger partial charge in [-0.1, -0.05) is 28.1 Å². The number of rotatable bonds is 1.